The molecule has 7 nitrogen and oxygen atoms in total. The van der Waals surface area contributed by atoms with E-state index in [2.05, 4.69) is 11.9 Å². The van der Waals surface area contributed by atoms with Crippen molar-refractivity contribution >= 4 is 5.91 Å². The van der Waals surface area contributed by atoms with Crippen LogP contribution in [0.1, 0.15) is 42.5 Å². The Balaban J connectivity index is 2.31. The fourth-order valence-electron chi connectivity index (χ4n) is 2.57. The highest BCUT2D eigenvalue weighted by molar-refractivity contribution is 5.96. The Bertz CT molecular complexity index is 653. The van der Waals surface area contributed by atoms with E-state index in [9.17, 15) is 19.5 Å². The second kappa shape index (κ2) is 6.43. The molecule has 0 aromatic carbocycles. The first-order chi connectivity index (χ1) is 10.0. The van der Waals surface area contributed by atoms with Gasteiger partial charge in [0, 0.05) is 12.6 Å². The van der Waals surface area contributed by atoms with Crippen molar-refractivity contribution in [1.29, 1.82) is 0 Å². The van der Waals surface area contributed by atoms with E-state index in [1.807, 2.05) is 4.98 Å². The second-order valence-electron chi connectivity index (χ2n) is 5.17. The number of allylic oxidation sites excluding steroid dienone is 1. The summed E-state index contributed by atoms with van der Waals surface area (Å²) in [5, 5.41) is 12.8. The number of aromatic hydroxyl groups is 1. The van der Waals surface area contributed by atoms with E-state index in [1.54, 1.807) is 0 Å². The van der Waals surface area contributed by atoms with Crippen LogP contribution in [0.5, 0.6) is 5.88 Å². The lowest BCUT2D eigenvalue weighted by atomic mass is 9.95. The smallest absolute Gasteiger partial charge is 0.331 e. The average Bonchev–Trinajstić information content (AvgIpc) is 2.44. The highest BCUT2D eigenvalue weighted by Gasteiger charge is 2.23. The van der Waals surface area contributed by atoms with Gasteiger partial charge in [-0.2, -0.15) is 0 Å². The summed E-state index contributed by atoms with van der Waals surface area (Å²) in [5.41, 5.74) is -2.08. The number of hydrogen-bond donors (Lipinski definition) is 3. The van der Waals surface area contributed by atoms with E-state index in [4.69, 9.17) is 0 Å². The summed E-state index contributed by atoms with van der Waals surface area (Å²) < 4.78 is 0.893. The van der Waals surface area contributed by atoms with Gasteiger partial charge in [0.1, 0.15) is 0 Å². The molecular formula is C14H19N3O4. The van der Waals surface area contributed by atoms with Crippen LogP contribution in [0.2, 0.25) is 0 Å². The molecule has 0 atom stereocenters. The number of carbonyl (C=O) groups is 1. The Morgan fingerprint density at radius 1 is 1.38 bits per heavy atom. The van der Waals surface area contributed by atoms with E-state index < -0.39 is 28.6 Å². The maximum atomic E-state index is 12.2. The van der Waals surface area contributed by atoms with Crippen molar-refractivity contribution in [3.63, 3.8) is 0 Å². The number of H-pyrrole nitrogens is 1. The molecule has 0 radical (unpaired) electrons. The molecule has 7 heteroatoms. The van der Waals surface area contributed by atoms with Crippen molar-refractivity contribution in [2.24, 2.45) is 0 Å². The normalized spacial score (nSPS) is 15.6. The predicted octanol–water partition coefficient (Wildman–Crippen LogP) is 0.491. The average molecular weight is 293 g/mol. The Morgan fingerprint density at radius 3 is 2.67 bits per heavy atom. The molecule has 0 bridgehead atoms. The molecule has 0 saturated heterocycles. The largest absolute Gasteiger partial charge is 0.494 e. The summed E-state index contributed by atoms with van der Waals surface area (Å²) in [6.45, 7) is 3.47. The number of aromatic nitrogens is 2. The van der Waals surface area contributed by atoms with Crippen LogP contribution < -0.4 is 16.6 Å². The van der Waals surface area contributed by atoms with Crippen LogP contribution in [0, 0.1) is 0 Å². The maximum absolute atomic E-state index is 12.2. The van der Waals surface area contributed by atoms with Gasteiger partial charge < -0.3 is 10.4 Å². The molecule has 2 rings (SSSR count). The monoisotopic (exact) mass is 293 g/mol. The third kappa shape index (κ3) is 3.24. The van der Waals surface area contributed by atoms with Crippen molar-refractivity contribution in [2.45, 2.75) is 44.7 Å². The molecule has 21 heavy (non-hydrogen) atoms. The molecule has 1 aromatic rings. The molecule has 1 aliphatic carbocycles. The predicted molar refractivity (Wildman–Crippen MR) is 77.5 cm³/mol. The van der Waals surface area contributed by atoms with Crippen molar-refractivity contribution in [3.05, 3.63) is 39.1 Å². The molecule has 0 spiro atoms. The molecule has 1 saturated carbocycles. The lowest BCUT2D eigenvalue weighted by Gasteiger charge is -2.22. The number of nitrogens with one attached hydrogen (secondary N) is 2. The minimum absolute atomic E-state index is 0.00447. The van der Waals surface area contributed by atoms with Gasteiger partial charge in [0.15, 0.2) is 5.56 Å². The molecular weight excluding hydrogens is 274 g/mol. The third-order valence-corrected chi connectivity index (χ3v) is 3.65. The molecule has 0 aliphatic heterocycles. The minimum Gasteiger partial charge on any atom is -0.494 e. The summed E-state index contributed by atoms with van der Waals surface area (Å²) in [5.74, 6) is -1.28. The topological polar surface area (TPSA) is 104 Å². The summed E-state index contributed by atoms with van der Waals surface area (Å²) >= 11 is 0. The van der Waals surface area contributed by atoms with Crippen LogP contribution in [0.4, 0.5) is 0 Å². The van der Waals surface area contributed by atoms with Crippen molar-refractivity contribution in [1.82, 2.24) is 14.9 Å². The fraction of sp³-hybridized carbons (Fsp3) is 0.500. The molecule has 0 unspecified atom stereocenters. The van der Waals surface area contributed by atoms with Gasteiger partial charge in [-0.3, -0.25) is 19.1 Å². The molecule has 114 valence electrons. The molecule has 1 aliphatic rings. The Labute approximate surface area is 121 Å². The number of amides is 1. The summed E-state index contributed by atoms with van der Waals surface area (Å²) in [7, 11) is 0. The molecule has 3 N–H and O–H groups in total. The minimum atomic E-state index is -0.883. The van der Waals surface area contributed by atoms with Gasteiger partial charge in [-0.05, 0) is 12.8 Å². The van der Waals surface area contributed by atoms with Crippen molar-refractivity contribution < 1.29 is 9.90 Å². The zero-order valence-corrected chi connectivity index (χ0v) is 11.7. The molecule has 1 amide bonds. The Hall–Kier alpha value is -2.31. The van der Waals surface area contributed by atoms with E-state index in [-0.39, 0.29) is 12.6 Å². The van der Waals surface area contributed by atoms with Crippen LogP contribution in [0.25, 0.3) is 0 Å². The highest BCUT2D eigenvalue weighted by atomic mass is 16.3. The Kier molecular flexibility index (Phi) is 4.62. The molecule has 1 aromatic heterocycles. The zero-order chi connectivity index (χ0) is 15.4. The summed E-state index contributed by atoms with van der Waals surface area (Å²) in [6.07, 6.45) is 6.31. The van der Waals surface area contributed by atoms with Gasteiger partial charge in [-0.1, -0.05) is 25.3 Å². The van der Waals surface area contributed by atoms with Gasteiger partial charge in [0.25, 0.3) is 11.5 Å². The Morgan fingerprint density at radius 2 is 2.05 bits per heavy atom. The third-order valence-electron chi connectivity index (χ3n) is 3.65. The van der Waals surface area contributed by atoms with E-state index >= 15 is 0 Å². The first kappa shape index (κ1) is 15.1. The fourth-order valence-corrected chi connectivity index (χ4v) is 2.57. The lowest BCUT2D eigenvalue weighted by Crippen LogP contribution is -2.41. The SMILES string of the molecule is C=CCn1c(O)c(C(=O)NC2CCCCC2)c(=O)[nH]c1=O. The van der Waals surface area contributed by atoms with Gasteiger partial charge in [0.2, 0.25) is 5.88 Å². The number of nitrogens with zero attached hydrogens (tertiary/aromatic N) is 1. The maximum Gasteiger partial charge on any atom is 0.331 e. The second-order valence-corrected chi connectivity index (χ2v) is 5.17. The van der Waals surface area contributed by atoms with Crippen LogP contribution in [0.15, 0.2) is 22.2 Å². The quantitative estimate of drug-likeness (QED) is 0.703. The van der Waals surface area contributed by atoms with Crippen LogP contribution in [-0.4, -0.2) is 26.6 Å². The van der Waals surface area contributed by atoms with E-state index in [0.717, 1.165) is 36.7 Å². The summed E-state index contributed by atoms with van der Waals surface area (Å²) in [4.78, 5) is 37.6. The molecule has 1 fully saturated rings. The molecule has 1 heterocycles. The van der Waals surface area contributed by atoms with Crippen LogP contribution in [0.3, 0.4) is 0 Å². The first-order valence-corrected chi connectivity index (χ1v) is 7.02. The zero-order valence-electron chi connectivity index (χ0n) is 11.7. The number of aromatic amines is 1. The number of hydrogen-bond acceptors (Lipinski definition) is 4. The lowest BCUT2D eigenvalue weighted by molar-refractivity contribution is 0.0921. The highest BCUT2D eigenvalue weighted by Crippen LogP contribution is 2.18. The van der Waals surface area contributed by atoms with E-state index in [0.29, 0.717) is 0 Å². The van der Waals surface area contributed by atoms with Crippen molar-refractivity contribution in [3.8, 4) is 5.88 Å². The van der Waals surface area contributed by atoms with Crippen LogP contribution in [-0.2, 0) is 6.54 Å². The van der Waals surface area contributed by atoms with Gasteiger partial charge in [-0.25, -0.2) is 4.79 Å². The first-order valence-electron chi connectivity index (χ1n) is 7.02. The van der Waals surface area contributed by atoms with Crippen molar-refractivity contribution in [2.75, 3.05) is 0 Å². The number of carbonyl (C=O) groups excluding carboxylic acids is 1. The summed E-state index contributed by atoms with van der Waals surface area (Å²) in [6, 6.07) is 0.00447. The van der Waals surface area contributed by atoms with Gasteiger partial charge >= 0.3 is 5.69 Å². The van der Waals surface area contributed by atoms with E-state index in [1.165, 1.54) is 6.08 Å². The van der Waals surface area contributed by atoms with Gasteiger partial charge in [-0.15, -0.1) is 6.58 Å². The standard InChI is InChI=1S/C14H19N3O4/c1-2-8-17-13(20)10(12(19)16-14(17)21)11(18)15-9-6-4-3-5-7-9/h2,9,20H,1,3-8H2,(H,15,18)(H,16,19,21). The number of rotatable bonds is 4. The van der Waals surface area contributed by atoms with Crippen LogP contribution >= 0.6 is 0 Å². The van der Waals surface area contributed by atoms with Gasteiger partial charge in [0.05, 0.1) is 0 Å².